The van der Waals surface area contributed by atoms with E-state index in [0.29, 0.717) is 13.1 Å². The van der Waals surface area contributed by atoms with E-state index < -0.39 is 0 Å². The Morgan fingerprint density at radius 3 is 2.83 bits per heavy atom. The van der Waals surface area contributed by atoms with Crippen LogP contribution in [0.25, 0.3) is 0 Å². The number of nitrogens with zero attached hydrogens (tertiary/aromatic N) is 1. The highest BCUT2D eigenvalue weighted by Crippen LogP contribution is 2.36. The maximum atomic E-state index is 5.35. The highest BCUT2D eigenvalue weighted by molar-refractivity contribution is 9.10. The number of rotatable bonds is 4. The standard InChI is InChI=1S/C12H11BrN2O3/c13-10-4-12-11(16-7-17-12)3-8(10)5-14-6-9-1-2-18-15-9/h1-4,14H,5-7H2. The maximum Gasteiger partial charge on any atom is 0.231 e. The van der Waals surface area contributed by atoms with Crippen LogP contribution in [-0.2, 0) is 13.1 Å². The quantitative estimate of drug-likeness (QED) is 0.940. The van der Waals surface area contributed by atoms with Gasteiger partial charge < -0.3 is 19.3 Å². The molecule has 3 rings (SSSR count). The van der Waals surface area contributed by atoms with Gasteiger partial charge in [0.05, 0.1) is 5.69 Å². The monoisotopic (exact) mass is 310 g/mol. The van der Waals surface area contributed by atoms with E-state index in [9.17, 15) is 0 Å². The Kier molecular flexibility index (Phi) is 3.21. The summed E-state index contributed by atoms with van der Waals surface area (Å²) in [6, 6.07) is 5.74. The van der Waals surface area contributed by atoms with Gasteiger partial charge >= 0.3 is 0 Å². The SMILES string of the molecule is Brc1cc2c(cc1CNCc1ccon1)OCO2. The van der Waals surface area contributed by atoms with Gasteiger partial charge in [0.25, 0.3) is 0 Å². The highest BCUT2D eigenvalue weighted by Gasteiger charge is 2.15. The minimum Gasteiger partial charge on any atom is -0.454 e. The Hall–Kier alpha value is -1.53. The van der Waals surface area contributed by atoms with Crippen molar-refractivity contribution in [3.63, 3.8) is 0 Å². The van der Waals surface area contributed by atoms with Crippen molar-refractivity contribution in [3.05, 3.63) is 40.2 Å². The van der Waals surface area contributed by atoms with Gasteiger partial charge in [0, 0.05) is 23.6 Å². The molecule has 0 saturated heterocycles. The fourth-order valence-corrected chi connectivity index (χ4v) is 2.21. The van der Waals surface area contributed by atoms with Gasteiger partial charge in [-0.25, -0.2) is 0 Å². The lowest BCUT2D eigenvalue weighted by molar-refractivity contribution is 0.174. The van der Waals surface area contributed by atoms with Gasteiger partial charge in [-0.2, -0.15) is 0 Å². The fourth-order valence-electron chi connectivity index (χ4n) is 1.75. The molecule has 0 radical (unpaired) electrons. The molecule has 1 N–H and O–H groups in total. The molecule has 18 heavy (non-hydrogen) atoms. The number of aromatic nitrogens is 1. The first-order valence-corrected chi connectivity index (χ1v) is 6.30. The van der Waals surface area contributed by atoms with Crippen molar-refractivity contribution in [2.75, 3.05) is 6.79 Å². The van der Waals surface area contributed by atoms with Gasteiger partial charge in [0.15, 0.2) is 11.5 Å². The van der Waals surface area contributed by atoms with Crippen LogP contribution >= 0.6 is 15.9 Å². The van der Waals surface area contributed by atoms with Crippen LogP contribution in [0.2, 0.25) is 0 Å². The number of nitrogens with one attached hydrogen (secondary N) is 1. The molecule has 6 heteroatoms. The van der Waals surface area contributed by atoms with E-state index in [1.54, 1.807) is 6.26 Å². The molecular weight excluding hydrogens is 300 g/mol. The molecule has 5 nitrogen and oxygen atoms in total. The minimum atomic E-state index is 0.289. The van der Waals surface area contributed by atoms with Crippen molar-refractivity contribution < 1.29 is 14.0 Å². The molecule has 1 aliphatic rings. The summed E-state index contributed by atoms with van der Waals surface area (Å²) < 4.78 is 16.4. The Morgan fingerprint density at radius 1 is 1.22 bits per heavy atom. The molecular formula is C12H11BrN2O3. The Morgan fingerprint density at radius 2 is 2.06 bits per heavy atom. The van der Waals surface area contributed by atoms with Crippen LogP contribution in [0, 0.1) is 0 Å². The van der Waals surface area contributed by atoms with Crippen LogP contribution in [0.5, 0.6) is 11.5 Å². The summed E-state index contributed by atoms with van der Waals surface area (Å²) in [5, 5.41) is 7.12. The Labute approximate surface area is 112 Å². The van der Waals surface area contributed by atoms with E-state index in [1.807, 2.05) is 18.2 Å². The molecule has 94 valence electrons. The largest absolute Gasteiger partial charge is 0.454 e. The summed E-state index contributed by atoms with van der Waals surface area (Å²) in [7, 11) is 0. The van der Waals surface area contributed by atoms with Gasteiger partial charge in [0.1, 0.15) is 6.26 Å². The summed E-state index contributed by atoms with van der Waals surface area (Å²) in [5.74, 6) is 1.57. The molecule has 1 aromatic carbocycles. The first-order valence-electron chi connectivity index (χ1n) is 5.51. The number of fused-ring (bicyclic) bond motifs is 1. The predicted octanol–water partition coefficient (Wildman–Crippen LogP) is 2.46. The number of benzene rings is 1. The molecule has 1 aliphatic heterocycles. The lowest BCUT2D eigenvalue weighted by Gasteiger charge is -2.07. The summed E-state index contributed by atoms with van der Waals surface area (Å²) in [6.07, 6.45) is 1.56. The van der Waals surface area contributed by atoms with E-state index in [4.69, 9.17) is 14.0 Å². The minimum absolute atomic E-state index is 0.289. The zero-order valence-electron chi connectivity index (χ0n) is 9.48. The highest BCUT2D eigenvalue weighted by atomic mass is 79.9. The number of hydrogen-bond acceptors (Lipinski definition) is 5. The van der Waals surface area contributed by atoms with Crippen LogP contribution in [0.4, 0.5) is 0 Å². The first-order chi connectivity index (χ1) is 8.83. The van der Waals surface area contributed by atoms with E-state index in [0.717, 1.165) is 27.2 Å². The summed E-state index contributed by atoms with van der Waals surface area (Å²) >= 11 is 3.52. The summed E-state index contributed by atoms with van der Waals surface area (Å²) in [4.78, 5) is 0. The van der Waals surface area contributed by atoms with E-state index in [2.05, 4.69) is 26.4 Å². The second-order valence-electron chi connectivity index (χ2n) is 3.89. The van der Waals surface area contributed by atoms with Gasteiger partial charge in [-0.3, -0.25) is 0 Å². The van der Waals surface area contributed by atoms with Crippen molar-refractivity contribution in [1.82, 2.24) is 10.5 Å². The second-order valence-corrected chi connectivity index (χ2v) is 4.75. The van der Waals surface area contributed by atoms with E-state index >= 15 is 0 Å². The molecule has 2 aromatic rings. The van der Waals surface area contributed by atoms with Crippen LogP contribution in [0.1, 0.15) is 11.3 Å². The van der Waals surface area contributed by atoms with Crippen LogP contribution in [-0.4, -0.2) is 11.9 Å². The van der Waals surface area contributed by atoms with Gasteiger partial charge in [0.2, 0.25) is 6.79 Å². The van der Waals surface area contributed by atoms with Crippen LogP contribution in [0.3, 0.4) is 0 Å². The topological polar surface area (TPSA) is 56.5 Å². The molecule has 0 spiro atoms. The normalized spacial score (nSPS) is 12.9. The van der Waals surface area contributed by atoms with E-state index in [-0.39, 0.29) is 6.79 Å². The molecule has 1 aromatic heterocycles. The fraction of sp³-hybridized carbons (Fsp3) is 0.250. The van der Waals surface area contributed by atoms with E-state index in [1.165, 1.54) is 0 Å². The van der Waals surface area contributed by atoms with Crippen molar-refractivity contribution in [2.45, 2.75) is 13.1 Å². The lowest BCUT2D eigenvalue weighted by Crippen LogP contribution is -2.13. The van der Waals surface area contributed by atoms with Gasteiger partial charge in [-0.15, -0.1) is 0 Å². The molecule has 0 fully saturated rings. The Bertz CT molecular complexity index is 543. The van der Waals surface area contributed by atoms with Crippen molar-refractivity contribution in [1.29, 1.82) is 0 Å². The zero-order valence-corrected chi connectivity index (χ0v) is 11.1. The number of halogens is 1. The van der Waals surface area contributed by atoms with Crippen LogP contribution < -0.4 is 14.8 Å². The number of ether oxygens (including phenoxy) is 2. The molecule has 0 aliphatic carbocycles. The second kappa shape index (κ2) is 4.99. The van der Waals surface area contributed by atoms with Crippen molar-refractivity contribution in [2.24, 2.45) is 0 Å². The zero-order chi connectivity index (χ0) is 12.4. The molecule has 0 bridgehead atoms. The third-order valence-corrected chi connectivity index (χ3v) is 3.39. The number of hydrogen-bond donors (Lipinski definition) is 1. The molecule has 0 unspecified atom stereocenters. The predicted molar refractivity (Wildman–Crippen MR) is 67.3 cm³/mol. The third-order valence-electron chi connectivity index (χ3n) is 2.65. The Balaban J connectivity index is 1.66. The lowest BCUT2D eigenvalue weighted by atomic mass is 10.2. The molecule has 0 atom stereocenters. The third kappa shape index (κ3) is 2.34. The van der Waals surface area contributed by atoms with Gasteiger partial charge in [-0.1, -0.05) is 21.1 Å². The molecule has 0 saturated carbocycles. The maximum absolute atomic E-state index is 5.35. The van der Waals surface area contributed by atoms with Gasteiger partial charge in [-0.05, 0) is 17.7 Å². The summed E-state index contributed by atoms with van der Waals surface area (Å²) in [5.41, 5.74) is 2.00. The average molecular weight is 311 g/mol. The first kappa shape index (κ1) is 11.6. The summed E-state index contributed by atoms with van der Waals surface area (Å²) in [6.45, 7) is 1.67. The molecule has 2 heterocycles. The molecule has 0 amide bonds. The van der Waals surface area contributed by atoms with Crippen molar-refractivity contribution >= 4 is 15.9 Å². The van der Waals surface area contributed by atoms with Crippen LogP contribution in [0.15, 0.2) is 33.5 Å². The average Bonchev–Trinajstić information content (AvgIpc) is 3.00. The smallest absolute Gasteiger partial charge is 0.231 e. The van der Waals surface area contributed by atoms with Crippen molar-refractivity contribution in [3.8, 4) is 11.5 Å².